The molecule has 43 heavy (non-hydrogen) atoms. The minimum atomic E-state index is -0.822. The van der Waals surface area contributed by atoms with Gasteiger partial charge in [0.05, 0.1) is 47.1 Å². The normalized spacial score (nSPS) is 14.7. The molecule has 5 rings (SSSR count). The van der Waals surface area contributed by atoms with Gasteiger partial charge >= 0.3 is 5.97 Å². The highest BCUT2D eigenvalue weighted by molar-refractivity contribution is 7.07. The van der Waals surface area contributed by atoms with Crippen LogP contribution < -0.4 is 24.4 Å². The average Bonchev–Trinajstić information content (AvgIpc) is 3.56. The highest BCUT2D eigenvalue weighted by atomic mass is 32.1. The van der Waals surface area contributed by atoms with Crippen LogP contribution in [0.2, 0.25) is 0 Å². The maximum Gasteiger partial charge on any atom is 0.338 e. The van der Waals surface area contributed by atoms with E-state index in [4.69, 9.17) is 18.6 Å². The number of nitro benzene ring substituents is 1. The molecule has 1 aliphatic rings. The fourth-order valence-electron chi connectivity index (χ4n) is 4.98. The van der Waals surface area contributed by atoms with Crippen LogP contribution >= 0.6 is 11.3 Å². The number of allylic oxidation sites excluding steroid dienone is 1. The molecule has 0 amide bonds. The third kappa shape index (κ3) is 5.61. The van der Waals surface area contributed by atoms with E-state index in [2.05, 4.69) is 4.99 Å². The van der Waals surface area contributed by atoms with Gasteiger partial charge in [-0.1, -0.05) is 17.4 Å². The standard InChI is InChI=1S/C31H29N3O8S/c1-6-40-25-15-19(8-12-24(25)39-5)28-27(30(36)41-7-2)18(4)32-31-33(28)29(35)26(43-31)16-21-10-13-23(42-21)22-11-9-20(34(37)38)14-17(22)3/h8-16,28H,6-7H2,1-5H3/b26-16-/t28-/m1/s1. The number of esters is 1. The number of hydrogen-bond donors (Lipinski definition) is 0. The molecule has 0 radical (unpaired) electrons. The van der Waals surface area contributed by atoms with Crippen molar-refractivity contribution in [1.29, 1.82) is 0 Å². The Balaban J connectivity index is 1.63. The molecule has 11 nitrogen and oxygen atoms in total. The van der Waals surface area contributed by atoms with Crippen molar-refractivity contribution in [3.05, 3.63) is 106 Å². The zero-order chi connectivity index (χ0) is 30.8. The monoisotopic (exact) mass is 603 g/mol. The average molecular weight is 604 g/mol. The largest absolute Gasteiger partial charge is 0.493 e. The summed E-state index contributed by atoms with van der Waals surface area (Å²) in [6, 6.07) is 12.5. The predicted molar refractivity (Wildman–Crippen MR) is 160 cm³/mol. The molecular formula is C31H29N3O8S. The minimum absolute atomic E-state index is 0.00795. The molecule has 0 N–H and O–H groups in total. The van der Waals surface area contributed by atoms with Crippen LogP contribution in [-0.4, -0.2) is 35.8 Å². The molecule has 2 aromatic heterocycles. The summed E-state index contributed by atoms with van der Waals surface area (Å²) >= 11 is 1.17. The van der Waals surface area contributed by atoms with Crippen molar-refractivity contribution in [3.63, 3.8) is 0 Å². The van der Waals surface area contributed by atoms with Crippen LogP contribution in [0, 0.1) is 17.0 Å². The molecule has 0 spiro atoms. The first-order valence-corrected chi connectivity index (χ1v) is 14.3. The molecule has 2 aromatic carbocycles. The van der Waals surface area contributed by atoms with E-state index < -0.39 is 16.9 Å². The summed E-state index contributed by atoms with van der Waals surface area (Å²) in [7, 11) is 1.54. The van der Waals surface area contributed by atoms with Gasteiger partial charge in [0.2, 0.25) is 0 Å². The van der Waals surface area contributed by atoms with Gasteiger partial charge in [-0.2, -0.15) is 0 Å². The molecule has 0 saturated carbocycles. The van der Waals surface area contributed by atoms with Gasteiger partial charge in [-0.25, -0.2) is 9.79 Å². The fraction of sp³-hybridized carbons (Fsp3) is 0.258. The quantitative estimate of drug-likeness (QED) is 0.153. The Kier molecular flexibility index (Phi) is 8.31. The van der Waals surface area contributed by atoms with Crippen LogP contribution in [-0.2, 0) is 9.53 Å². The van der Waals surface area contributed by atoms with Crippen LogP contribution in [0.1, 0.15) is 43.7 Å². The van der Waals surface area contributed by atoms with Gasteiger partial charge in [0.25, 0.3) is 11.2 Å². The first-order valence-electron chi connectivity index (χ1n) is 13.5. The molecule has 4 aromatic rings. The molecule has 1 aliphatic heterocycles. The molecule has 1 atom stereocenters. The molecule has 222 valence electrons. The Morgan fingerprint density at radius 2 is 1.91 bits per heavy atom. The van der Waals surface area contributed by atoms with Crippen molar-refractivity contribution in [2.75, 3.05) is 20.3 Å². The van der Waals surface area contributed by atoms with E-state index in [9.17, 15) is 19.7 Å². The van der Waals surface area contributed by atoms with E-state index >= 15 is 0 Å². The van der Waals surface area contributed by atoms with Gasteiger partial charge < -0.3 is 18.6 Å². The number of hydrogen-bond acceptors (Lipinski definition) is 10. The highest BCUT2D eigenvalue weighted by Crippen LogP contribution is 2.36. The van der Waals surface area contributed by atoms with Crippen LogP contribution in [0.25, 0.3) is 17.4 Å². The SMILES string of the molecule is CCOC(=O)C1=C(C)N=c2s/c(=C\c3ccc(-c4ccc([N+](=O)[O-])cc4C)o3)c(=O)n2[C@@H]1c1ccc(OC)c(OCC)c1. The first-order chi connectivity index (χ1) is 20.7. The maximum atomic E-state index is 13.9. The Morgan fingerprint density at radius 3 is 2.58 bits per heavy atom. The number of thiazole rings is 1. The summed E-state index contributed by atoms with van der Waals surface area (Å²) in [5, 5.41) is 11.1. The first kappa shape index (κ1) is 29.5. The summed E-state index contributed by atoms with van der Waals surface area (Å²) in [4.78, 5) is 42.8. The van der Waals surface area contributed by atoms with Crippen molar-refractivity contribution in [2.45, 2.75) is 33.7 Å². The number of ether oxygens (including phenoxy) is 3. The number of furan rings is 1. The van der Waals surface area contributed by atoms with Crippen LogP contribution in [0.4, 0.5) is 5.69 Å². The Bertz CT molecular complexity index is 1950. The number of carbonyl (C=O) groups excluding carboxylic acids is 1. The maximum absolute atomic E-state index is 13.9. The molecule has 0 saturated heterocycles. The second kappa shape index (κ2) is 12.1. The molecule has 3 heterocycles. The van der Waals surface area contributed by atoms with Crippen molar-refractivity contribution in [1.82, 2.24) is 4.57 Å². The lowest BCUT2D eigenvalue weighted by molar-refractivity contribution is -0.384. The van der Waals surface area contributed by atoms with Gasteiger partial charge in [0.15, 0.2) is 16.3 Å². The minimum Gasteiger partial charge on any atom is -0.493 e. The van der Waals surface area contributed by atoms with Crippen LogP contribution in [0.15, 0.2) is 74.0 Å². The Morgan fingerprint density at radius 1 is 1.12 bits per heavy atom. The highest BCUT2D eigenvalue weighted by Gasteiger charge is 2.34. The number of non-ortho nitro benzene ring substituents is 1. The second-order valence-corrected chi connectivity index (χ2v) is 10.6. The van der Waals surface area contributed by atoms with Gasteiger partial charge in [-0.05, 0) is 69.2 Å². The van der Waals surface area contributed by atoms with Crippen molar-refractivity contribution in [2.24, 2.45) is 4.99 Å². The predicted octanol–water partition coefficient (Wildman–Crippen LogP) is 4.68. The lowest BCUT2D eigenvalue weighted by atomic mass is 9.95. The number of aromatic nitrogens is 1. The molecule has 0 bridgehead atoms. The number of methoxy groups -OCH3 is 1. The van der Waals surface area contributed by atoms with E-state index in [-0.39, 0.29) is 23.4 Å². The fourth-order valence-corrected chi connectivity index (χ4v) is 6.01. The van der Waals surface area contributed by atoms with Gasteiger partial charge in [0, 0.05) is 23.8 Å². The van der Waals surface area contributed by atoms with Crippen molar-refractivity contribution >= 4 is 29.1 Å². The zero-order valence-electron chi connectivity index (χ0n) is 24.2. The van der Waals surface area contributed by atoms with Crippen LogP contribution in [0.5, 0.6) is 11.5 Å². The molecule has 0 aliphatic carbocycles. The van der Waals surface area contributed by atoms with Crippen molar-refractivity contribution < 1.29 is 28.3 Å². The van der Waals surface area contributed by atoms with Crippen molar-refractivity contribution in [3.8, 4) is 22.8 Å². The number of nitrogens with zero attached hydrogens (tertiary/aromatic N) is 3. The van der Waals surface area contributed by atoms with E-state index in [1.165, 1.54) is 35.1 Å². The number of aryl methyl sites for hydroxylation is 1. The van der Waals surface area contributed by atoms with E-state index in [0.29, 0.717) is 61.3 Å². The summed E-state index contributed by atoms with van der Waals surface area (Å²) in [6.07, 6.45) is 1.62. The Labute approximate surface area is 250 Å². The molecule has 12 heteroatoms. The Hall–Kier alpha value is -4.97. The summed E-state index contributed by atoms with van der Waals surface area (Å²) < 4.78 is 24.4. The lowest BCUT2D eigenvalue weighted by Gasteiger charge is -2.25. The molecule has 0 fully saturated rings. The summed E-state index contributed by atoms with van der Waals surface area (Å²) in [5.41, 5.74) is 2.34. The molecular weight excluding hydrogens is 574 g/mol. The summed E-state index contributed by atoms with van der Waals surface area (Å²) in [6.45, 7) is 7.61. The summed E-state index contributed by atoms with van der Waals surface area (Å²) in [5.74, 6) is 1.36. The topological polar surface area (TPSA) is 135 Å². The third-order valence-electron chi connectivity index (χ3n) is 6.91. The number of benzene rings is 2. The smallest absolute Gasteiger partial charge is 0.338 e. The lowest BCUT2D eigenvalue weighted by Crippen LogP contribution is -2.39. The third-order valence-corrected chi connectivity index (χ3v) is 7.89. The number of rotatable bonds is 9. The zero-order valence-corrected chi connectivity index (χ0v) is 25.0. The van der Waals surface area contributed by atoms with E-state index in [1.807, 2.05) is 6.92 Å². The van der Waals surface area contributed by atoms with Gasteiger partial charge in [0.1, 0.15) is 11.5 Å². The number of carbonyl (C=O) groups is 1. The number of fused-ring (bicyclic) bond motifs is 1. The van der Waals surface area contributed by atoms with Gasteiger partial charge in [-0.3, -0.25) is 19.5 Å². The van der Waals surface area contributed by atoms with E-state index in [1.54, 1.807) is 63.2 Å². The second-order valence-electron chi connectivity index (χ2n) is 9.60. The molecule has 0 unspecified atom stereocenters. The van der Waals surface area contributed by atoms with Crippen LogP contribution in [0.3, 0.4) is 0 Å². The van der Waals surface area contributed by atoms with E-state index in [0.717, 1.165) is 0 Å². The van der Waals surface area contributed by atoms with Gasteiger partial charge in [-0.15, -0.1) is 0 Å². The number of nitro groups is 1.